The maximum absolute atomic E-state index is 14.0. The van der Waals surface area contributed by atoms with Gasteiger partial charge in [0.05, 0.1) is 33.6 Å². The lowest BCUT2D eigenvalue weighted by atomic mass is 9.60. The normalized spacial score (nSPS) is 21.3. The lowest BCUT2D eigenvalue weighted by Gasteiger charge is -2.45. The van der Waals surface area contributed by atoms with Crippen LogP contribution in [0.1, 0.15) is 24.4 Å². The van der Waals surface area contributed by atoms with Crippen LogP contribution in [0.4, 0.5) is 10.1 Å². The van der Waals surface area contributed by atoms with Crippen molar-refractivity contribution in [3.63, 3.8) is 0 Å². The van der Waals surface area contributed by atoms with E-state index in [2.05, 4.69) is 26.0 Å². The van der Waals surface area contributed by atoms with Crippen LogP contribution in [0.2, 0.25) is 0 Å². The number of aromatic nitrogens is 3. The molecule has 0 amide bonds. The molecule has 1 aromatic carbocycles. The molecule has 0 saturated heterocycles. The first-order valence-electron chi connectivity index (χ1n) is 8.37. The standard InChI is InChI=1S/C18H14BrFN4O4/c1-28-17(25)18(7-10(8-18)23-4-2-3-22-23)16-11-5-12(19)13(20)6-14(11)21-9-15(16)24(26)27/h2-6,9-10H,7-8H2,1H3. The van der Waals surface area contributed by atoms with Crippen LogP contribution in [0, 0.1) is 15.9 Å². The van der Waals surface area contributed by atoms with Gasteiger partial charge in [-0.1, -0.05) is 0 Å². The summed E-state index contributed by atoms with van der Waals surface area (Å²) < 4.78 is 20.8. The Morgan fingerprint density at radius 2 is 2.21 bits per heavy atom. The first kappa shape index (κ1) is 18.5. The van der Waals surface area contributed by atoms with Crippen molar-refractivity contribution in [2.24, 2.45) is 0 Å². The van der Waals surface area contributed by atoms with Crippen molar-refractivity contribution in [3.05, 3.63) is 62.8 Å². The number of halogens is 2. The van der Waals surface area contributed by atoms with Gasteiger partial charge in [0.25, 0.3) is 5.69 Å². The number of hydrogen-bond acceptors (Lipinski definition) is 6. The monoisotopic (exact) mass is 448 g/mol. The van der Waals surface area contributed by atoms with Gasteiger partial charge in [-0.25, -0.2) is 9.37 Å². The maximum atomic E-state index is 14.0. The van der Waals surface area contributed by atoms with E-state index < -0.39 is 22.1 Å². The molecule has 28 heavy (non-hydrogen) atoms. The number of nitrogens with zero attached hydrogens (tertiary/aromatic N) is 4. The summed E-state index contributed by atoms with van der Waals surface area (Å²) in [5.41, 5.74) is -1.12. The number of carbonyl (C=O) groups excluding carboxylic acids is 1. The topological polar surface area (TPSA) is 100 Å². The van der Waals surface area contributed by atoms with E-state index in [9.17, 15) is 19.3 Å². The summed E-state index contributed by atoms with van der Waals surface area (Å²) in [4.78, 5) is 28.0. The minimum atomic E-state index is -1.24. The minimum Gasteiger partial charge on any atom is -0.468 e. The van der Waals surface area contributed by atoms with E-state index in [1.807, 2.05) is 0 Å². The molecule has 1 aliphatic carbocycles. The van der Waals surface area contributed by atoms with Gasteiger partial charge >= 0.3 is 5.97 Å². The van der Waals surface area contributed by atoms with Crippen molar-refractivity contribution in [1.29, 1.82) is 0 Å². The third kappa shape index (κ3) is 2.67. The predicted molar refractivity (Wildman–Crippen MR) is 100 cm³/mol. The van der Waals surface area contributed by atoms with Gasteiger partial charge in [0.1, 0.15) is 17.4 Å². The third-order valence-corrected chi connectivity index (χ3v) is 5.82. The number of ether oxygens (including phenoxy) is 1. The Bertz CT molecular complexity index is 1100. The van der Waals surface area contributed by atoms with Gasteiger partial charge in [-0.15, -0.1) is 0 Å². The molecule has 10 heteroatoms. The summed E-state index contributed by atoms with van der Waals surface area (Å²) >= 11 is 3.11. The number of rotatable bonds is 4. The Morgan fingerprint density at radius 1 is 1.46 bits per heavy atom. The molecule has 0 atom stereocenters. The van der Waals surface area contributed by atoms with Crippen molar-refractivity contribution < 1.29 is 18.8 Å². The van der Waals surface area contributed by atoms with Crippen LogP contribution in [-0.2, 0) is 14.9 Å². The van der Waals surface area contributed by atoms with Gasteiger partial charge in [0, 0.05) is 23.8 Å². The molecule has 0 N–H and O–H groups in total. The van der Waals surface area contributed by atoms with Gasteiger partial charge in [-0.3, -0.25) is 19.6 Å². The number of hydrogen-bond donors (Lipinski definition) is 0. The Balaban J connectivity index is 1.95. The second-order valence-electron chi connectivity index (χ2n) is 6.68. The first-order valence-corrected chi connectivity index (χ1v) is 9.17. The molecule has 2 heterocycles. The largest absolute Gasteiger partial charge is 0.468 e. The highest BCUT2D eigenvalue weighted by molar-refractivity contribution is 9.10. The molecule has 144 valence electrons. The summed E-state index contributed by atoms with van der Waals surface area (Å²) in [5.74, 6) is -1.12. The Hall–Kier alpha value is -2.88. The summed E-state index contributed by atoms with van der Waals surface area (Å²) in [6.07, 6.45) is 5.02. The number of esters is 1. The highest BCUT2D eigenvalue weighted by atomic mass is 79.9. The lowest BCUT2D eigenvalue weighted by Crippen LogP contribution is -2.49. The molecule has 0 radical (unpaired) electrons. The minimum absolute atomic E-state index is 0.110. The SMILES string of the molecule is COC(=O)C1(c2c([N+](=O)[O-])cnc3cc(F)c(Br)cc23)CC(n2cccn2)C1. The van der Waals surface area contributed by atoms with Gasteiger partial charge in [0.2, 0.25) is 0 Å². The van der Waals surface area contributed by atoms with Crippen molar-refractivity contribution in [1.82, 2.24) is 14.8 Å². The van der Waals surface area contributed by atoms with Crippen LogP contribution in [-0.4, -0.2) is 32.8 Å². The zero-order valence-corrected chi connectivity index (χ0v) is 16.2. The zero-order valence-electron chi connectivity index (χ0n) is 14.6. The van der Waals surface area contributed by atoms with Crippen LogP contribution in [0.15, 0.2) is 41.3 Å². The molecular formula is C18H14BrFN4O4. The Labute approximate surface area is 166 Å². The quantitative estimate of drug-likeness (QED) is 0.342. The number of fused-ring (bicyclic) bond motifs is 1. The summed E-state index contributed by atoms with van der Waals surface area (Å²) in [6, 6.07) is 4.26. The first-order chi connectivity index (χ1) is 13.4. The number of methoxy groups -OCH3 is 1. The number of pyridine rings is 1. The molecule has 2 aromatic heterocycles. The summed E-state index contributed by atoms with van der Waals surface area (Å²) in [5, 5.41) is 16.3. The smallest absolute Gasteiger partial charge is 0.316 e. The molecule has 0 spiro atoms. The molecule has 8 nitrogen and oxygen atoms in total. The maximum Gasteiger partial charge on any atom is 0.316 e. The fourth-order valence-corrected chi connectivity index (χ4v) is 4.26. The Kier molecular flexibility index (Phi) is 4.37. The summed E-state index contributed by atoms with van der Waals surface area (Å²) in [7, 11) is 1.25. The summed E-state index contributed by atoms with van der Waals surface area (Å²) in [6.45, 7) is 0. The van der Waals surface area contributed by atoms with E-state index in [0.29, 0.717) is 5.39 Å². The second-order valence-corrected chi connectivity index (χ2v) is 7.54. The molecule has 3 aromatic rings. The Morgan fingerprint density at radius 3 is 2.82 bits per heavy atom. The van der Waals surface area contributed by atoms with Crippen LogP contribution >= 0.6 is 15.9 Å². The zero-order chi connectivity index (χ0) is 20.1. The molecule has 1 saturated carbocycles. The van der Waals surface area contributed by atoms with Gasteiger partial charge in [-0.2, -0.15) is 5.10 Å². The van der Waals surface area contributed by atoms with Crippen LogP contribution < -0.4 is 0 Å². The highest BCUT2D eigenvalue weighted by Gasteiger charge is 2.57. The number of nitro groups is 1. The average Bonchev–Trinajstić information content (AvgIpc) is 3.15. The molecule has 0 bridgehead atoms. The fraction of sp³-hybridized carbons (Fsp3) is 0.278. The van der Waals surface area contributed by atoms with Crippen molar-refractivity contribution in [2.45, 2.75) is 24.3 Å². The van der Waals surface area contributed by atoms with Crippen LogP contribution in [0.3, 0.4) is 0 Å². The van der Waals surface area contributed by atoms with Crippen LogP contribution in [0.25, 0.3) is 10.9 Å². The van der Waals surface area contributed by atoms with E-state index in [-0.39, 0.29) is 40.1 Å². The van der Waals surface area contributed by atoms with E-state index in [1.54, 1.807) is 23.1 Å². The highest BCUT2D eigenvalue weighted by Crippen LogP contribution is 2.55. The third-order valence-electron chi connectivity index (χ3n) is 5.21. The van der Waals surface area contributed by atoms with Crippen molar-refractivity contribution >= 4 is 38.5 Å². The van der Waals surface area contributed by atoms with Gasteiger partial charge < -0.3 is 4.74 Å². The van der Waals surface area contributed by atoms with E-state index in [4.69, 9.17) is 4.74 Å². The van der Waals surface area contributed by atoms with Crippen LogP contribution in [0.5, 0.6) is 0 Å². The van der Waals surface area contributed by atoms with E-state index in [0.717, 1.165) is 6.20 Å². The van der Waals surface area contributed by atoms with E-state index >= 15 is 0 Å². The molecular weight excluding hydrogens is 435 g/mol. The van der Waals surface area contributed by atoms with E-state index in [1.165, 1.54) is 19.2 Å². The average molecular weight is 449 g/mol. The molecule has 1 aliphatic rings. The van der Waals surface area contributed by atoms with Crippen molar-refractivity contribution in [2.75, 3.05) is 7.11 Å². The van der Waals surface area contributed by atoms with Gasteiger partial charge in [0.15, 0.2) is 0 Å². The molecule has 0 unspecified atom stereocenters. The number of benzene rings is 1. The number of carbonyl (C=O) groups is 1. The molecule has 0 aliphatic heterocycles. The second kappa shape index (κ2) is 6.62. The fourth-order valence-electron chi connectivity index (χ4n) is 3.91. The van der Waals surface area contributed by atoms with Gasteiger partial charge in [-0.05, 0) is 40.9 Å². The van der Waals surface area contributed by atoms with Crippen molar-refractivity contribution in [3.8, 4) is 0 Å². The predicted octanol–water partition coefficient (Wildman–Crippen LogP) is 3.69. The molecule has 1 fully saturated rings. The molecule has 4 rings (SSSR count). The lowest BCUT2D eigenvalue weighted by molar-refractivity contribution is -0.386.